The van der Waals surface area contributed by atoms with E-state index in [0.29, 0.717) is 12.2 Å². The summed E-state index contributed by atoms with van der Waals surface area (Å²) in [6, 6.07) is 6.12. The van der Waals surface area contributed by atoms with Gasteiger partial charge in [0, 0.05) is 12.0 Å². The minimum atomic E-state index is 0.109. The lowest BCUT2D eigenvalue weighted by Gasteiger charge is -2.01. The predicted octanol–water partition coefficient (Wildman–Crippen LogP) is 2.14. The van der Waals surface area contributed by atoms with Gasteiger partial charge in [-0.1, -0.05) is 0 Å². The molecule has 4 nitrogen and oxygen atoms in total. The number of imidazole rings is 1. The molecule has 1 aliphatic heterocycles. The molecule has 3 rings (SSSR count). The molecule has 0 bridgehead atoms. The lowest BCUT2D eigenvalue weighted by atomic mass is 10.1. The number of Topliss-reactive ketones (excluding diaryl/α,β-unsaturated/α-hetero) is 1. The highest BCUT2D eigenvalue weighted by Crippen LogP contribution is 2.29. The van der Waals surface area contributed by atoms with E-state index in [1.165, 1.54) is 5.56 Å². The van der Waals surface area contributed by atoms with Crippen LogP contribution in [0, 0.1) is 0 Å². The number of carbonyl (C=O) groups is 1. The quantitative estimate of drug-likeness (QED) is 0.897. The van der Waals surface area contributed by atoms with E-state index in [1.807, 2.05) is 12.1 Å². The van der Waals surface area contributed by atoms with Gasteiger partial charge < -0.3 is 9.72 Å². The minimum Gasteiger partial charge on any atom is -0.493 e. The third kappa shape index (κ3) is 2.01. The number of ether oxygens (including phenoxy) is 1. The van der Waals surface area contributed by atoms with Gasteiger partial charge in [-0.15, -0.1) is 0 Å². The van der Waals surface area contributed by atoms with Crippen LogP contribution in [-0.2, 0) is 17.6 Å². The normalized spacial score (nSPS) is 13.2. The molecular formula is C14H14N2O2. The smallest absolute Gasteiger partial charge is 0.137 e. The molecule has 0 saturated heterocycles. The van der Waals surface area contributed by atoms with Gasteiger partial charge in [-0.05, 0) is 30.7 Å². The van der Waals surface area contributed by atoms with Gasteiger partial charge >= 0.3 is 0 Å². The van der Waals surface area contributed by atoms with Crippen LogP contribution in [0.15, 0.2) is 24.4 Å². The summed E-state index contributed by atoms with van der Waals surface area (Å²) in [6.07, 6.45) is 3.08. The van der Waals surface area contributed by atoms with E-state index >= 15 is 0 Å². The van der Waals surface area contributed by atoms with Gasteiger partial charge in [0.25, 0.3) is 0 Å². The van der Waals surface area contributed by atoms with E-state index in [2.05, 4.69) is 16.0 Å². The molecule has 0 aliphatic carbocycles. The molecule has 0 radical (unpaired) electrons. The summed E-state index contributed by atoms with van der Waals surface area (Å²) < 4.78 is 5.48. The van der Waals surface area contributed by atoms with E-state index < -0.39 is 0 Å². The number of aromatic amines is 1. The largest absolute Gasteiger partial charge is 0.493 e. The minimum absolute atomic E-state index is 0.109. The zero-order valence-corrected chi connectivity index (χ0v) is 10.2. The van der Waals surface area contributed by atoms with Crippen molar-refractivity contribution in [3.05, 3.63) is 35.8 Å². The summed E-state index contributed by atoms with van der Waals surface area (Å²) in [5, 5.41) is 0. The van der Waals surface area contributed by atoms with Crippen molar-refractivity contribution in [3.63, 3.8) is 0 Å². The molecule has 2 aromatic rings. The van der Waals surface area contributed by atoms with Crippen LogP contribution in [0.1, 0.15) is 18.3 Å². The second-order valence-electron chi connectivity index (χ2n) is 4.54. The Bertz CT molecular complexity index is 602. The van der Waals surface area contributed by atoms with Crippen LogP contribution < -0.4 is 4.74 Å². The van der Waals surface area contributed by atoms with Crippen molar-refractivity contribution < 1.29 is 9.53 Å². The van der Waals surface area contributed by atoms with Crippen molar-refractivity contribution >= 4 is 5.78 Å². The first-order valence-electron chi connectivity index (χ1n) is 6.02. The number of hydrogen-bond acceptors (Lipinski definition) is 3. The second-order valence-corrected chi connectivity index (χ2v) is 4.54. The molecule has 0 amide bonds. The monoisotopic (exact) mass is 242 g/mol. The third-order valence-electron chi connectivity index (χ3n) is 3.05. The van der Waals surface area contributed by atoms with Gasteiger partial charge in [0.15, 0.2) is 0 Å². The van der Waals surface area contributed by atoms with Gasteiger partial charge in [0.05, 0.1) is 24.9 Å². The topological polar surface area (TPSA) is 55.0 Å². The number of H-pyrrole nitrogens is 1. The van der Waals surface area contributed by atoms with Gasteiger partial charge in [-0.3, -0.25) is 4.79 Å². The van der Waals surface area contributed by atoms with E-state index in [0.717, 1.165) is 30.0 Å². The third-order valence-corrected chi connectivity index (χ3v) is 3.05. The van der Waals surface area contributed by atoms with E-state index in [1.54, 1.807) is 13.1 Å². The van der Waals surface area contributed by atoms with Crippen LogP contribution in [0.25, 0.3) is 11.3 Å². The molecule has 18 heavy (non-hydrogen) atoms. The van der Waals surface area contributed by atoms with Crippen LogP contribution in [0.4, 0.5) is 0 Å². The molecule has 1 aliphatic rings. The number of nitrogens with zero attached hydrogens (tertiary/aromatic N) is 1. The van der Waals surface area contributed by atoms with E-state index in [-0.39, 0.29) is 5.78 Å². The Balaban J connectivity index is 1.90. The number of nitrogens with one attached hydrogen (secondary N) is 1. The van der Waals surface area contributed by atoms with Gasteiger partial charge in [0.2, 0.25) is 0 Å². The number of fused-ring (bicyclic) bond motifs is 1. The molecule has 0 saturated carbocycles. The van der Waals surface area contributed by atoms with Crippen molar-refractivity contribution in [2.45, 2.75) is 19.8 Å². The van der Waals surface area contributed by atoms with Crippen LogP contribution in [-0.4, -0.2) is 22.4 Å². The maximum atomic E-state index is 11.0. The first kappa shape index (κ1) is 11.0. The molecule has 1 aromatic carbocycles. The van der Waals surface area contributed by atoms with Crippen molar-refractivity contribution in [1.82, 2.24) is 9.97 Å². The Morgan fingerprint density at radius 3 is 3.22 bits per heavy atom. The summed E-state index contributed by atoms with van der Waals surface area (Å²) in [6.45, 7) is 2.33. The van der Waals surface area contributed by atoms with Crippen LogP contribution >= 0.6 is 0 Å². The second kappa shape index (κ2) is 4.29. The summed E-state index contributed by atoms with van der Waals surface area (Å²) in [7, 11) is 0. The van der Waals surface area contributed by atoms with Crippen LogP contribution in [0.5, 0.6) is 5.75 Å². The van der Waals surface area contributed by atoms with Crippen molar-refractivity contribution in [1.29, 1.82) is 0 Å². The highest BCUT2D eigenvalue weighted by Gasteiger charge is 2.13. The van der Waals surface area contributed by atoms with Gasteiger partial charge in [-0.25, -0.2) is 4.98 Å². The number of rotatable bonds is 3. The number of ketones is 1. The molecular weight excluding hydrogens is 228 g/mol. The molecule has 4 heteroatoms. The van der Waals surface area contributed by atoms with Crippen molar-refractivity contribution in [2.75, 3.05) is 6.61 Å². The fourth-order valence-corrected chi connectivity index (χ4v) is 2.19. The summed E-state index contributed by atoms with van der Waals surface area (Å²) in [5.41, 5.74) is 3.26. The van der Waals surface area contributed by atoms with Crippen LogP contribution in [0.3, 0.4) is 0 Å². The number of hydrogen-bond donors (Lipinski definition) is 1. The van der Waals surface area contributed by atoms with Crippen LogP contribution in [0.2, 0.25) is 0 Å². The van der Waals surface area contributed by atoms with Crippen molar-refractivity contribution in [2.24, 2.45) is 0 Å². The number of carbonyl (C=O) groups excluding carboxylic acids is 1. The maximum absolute atomic E-state index is 11.0. The Morgan fingerprint density at radius 1 is 1.50 bits per heavy atom. The molecule has 0 unspecified atom stereocenters. The molecule has 0 fully saturated rings. The molecule has 0 atom stereocenters. The highest BCUT2D eigenvalue weighted by molar-refractivity contribution is 5.77. The van der Waals surface area contributed by atoms with Gasteiger partial charge in [0.1, 0.15) is 17.4 Å². The maximum Gasteiger partial charge on any atom is 0.137 e. The zero-order valence-electron chi connectivity index (χ0n) is 10.2. The molecule has 1 N–H and O–H groups in total. The average molecular weight is 242 g/mol. The van der Waals surface area contributed by atoms with E-state index in [4.69, 9.17) is 4.74 Å². The first-order valence-corrected chi connectivity index (χ1v) is 6.02. The Kier molecular flexibility index (Phi) is 2.63. The fourth-order valence-electron chi connectivity index (χ4n) is 2.19. The molecule has 1 aromatic heterocycles. The summed E-state index contributed by atoms with van der Waals surface area (Å²) in [5.74, 6) is 1.80. The average Bonchev–Trinajstić information content (AvgIpc) is 2.95. The van der Waals surface area contributed by atoms with Crippen molar-refractivity contribution in [3.8, 4) is 17.0 Å². The lowest BCUT2D eigenvalue weighted by Crippen LogP contribution is -1.97. The fraction of sp³-hybridized carbons (Fsp3) is 0.286. The Labute approximate surface area is 105 Å². The Morgan fingerprint density at radius 2 is 2.39 bits per heavy atom. The molecule has 2 heterocycles. The predicted molar refractivity (Wildman–Crippen MR) is 67.6 cm³/mol. The summed E-state index contributed by atoms with van der Waals surface area (Å²) in [4.78, 5) is 18.4. The summed E-state index contributed by atoms with van der Waals surface area (Å²) >= 11 is 0. The highest BCUT2D eigenvalue weighted by atomic mass is 16.5. The standard InChI is InChI=1S/C14H14N2O2/c1-9(17)6-14-15-8-12(16-14)10-2-3-13-11(7-10)4-5-18-13/h2-3,7-8H,4-6H2,1H3,(H,15,16). The molecule has 92 valence electrons. The zero-order chi connectivity index (χ0) is 12.5. The van der Waals surface area contributed by atoms with Gasteiger partial charge in [-0.2, -0.15) is 0 Å². The number of benzene rings is 1. The SMILES string of the molecule is CC(=O)Cc1ncc(-c2ccc3c(c2)CCO3)[nH]1. The van der Waals surface area contributed by atoms with E-state index in [9.17, 15) is 4.79 Å². The first-order chi connectivity index (χ1) is 8.72. The Hall–Kier alpha value is -2.10. The molecule has 0 spiro atoms. The number of aromatic nitrogens is 2. The lowest BCUT2D eigenvalue weighted by molar-refractivity contribution is -0.116.